The van der Waals surface area contributed by atoms with E-state index in [1.165, 1.54) is 22.7 Å². The predicted molar refractivity (Wildman–Crippen MR) is 103 cm³/mol. The highest BCUT2D eigenvalue weighted by molar-refractivity contribution is 8.26. The van der Waals surface area contributed by atoms with Gasteiger partial charge in [0.15, 0.2) is 0 Å². The van der Waals surface area contributed by atoms with Crippen molar-refractivity contribution in [2.45, 2.75) is 6.92 Å². The fraction of sp³-hybridized carbons (Fsp3) is 0.105. The first kappa shape index (κ1) is 18.2. The van der Waals surface area contributed by atoms with Gasteiger partial charge in [0.05, 0.1) is 10.9 Å². The number of carboxylic acids is 1. The Hall–Kier alpha value is -2.64. The molecule has 3 rings (SSSR count). The molecule has 1 fully saturated rings. The average molecular weight is 384 g/mol. The summed E-state index contributed by atoms with van der Waals surface area (Å²) in [5.74, 6) is -0.425. The van der Waals surface area contributed by atoms with Crippen LogP contribution in [0.3, 0.4) is 0 Å². The Kier molecular flexibility index (Phi) is 5.11. The van der Waals surface area contributed by atoms with E-state index in [0.29, 0.717) is 38.4 Å². The third-order valence-electron chi connectivity index (χ3n) is 3.90. The van der Waals surface area contributed by atoms with Gasteiger partial charge in [0.1, 0.15) is 15.8 Å². The van der Waals surface area contributed by atoms with Gasteiger partial charge in [-0.25, -0.2) is 0 Å². The van der Waals surface area contributed by atoms with Crippen molar-refractivity contribution >= 4 is 46.3 Å². The monoisotopic (exact) mass is 384 g/mol. The summed E-state index contributed by atoms with van der Waals surface area (Å²) in [4.78, 5) is 25.5. The molecule has 7 heteroatoms. The number of thiocarbonyl (C=S) groups is 1. The number of nitrogens with zero attached hydrogens (tertiary/aromatic N) is 1. The zero-order valence-electron chi connectivity index (χ0n) is 13.9. The molecule has 26 heavy (non-hydrogen) atoms. The van der Waals surface area contributed by atoms with Crippen LogP contribution in [0.2, 0.25) is 0 Å². The largest absolute Gasteiger partial charge is 0.545 e. The van der Waals surface area contributed by atoms with Crippen LogP contribution in [0.15, 0.2) is 52.3 Å². The molecule has 1 aromatic heterocycles. The van der Waals surface area contributed by atoms with E-state index < -0.39 is 5.97 Å². The molecular formula is C19H14NO4S2-. The number of carbonyl (C=O) groups is 2. The number of aromatic carboxylic acids is 1. The molecule has 0 unspecified atom stereocenters. The second-order valence-corrected chi connectivity index (χ2v) is 7.22. The number of hydrogen-bond donors (Lipinski definition) is 0. The third-order valence-corrected chi connectivity index (χ3v) is 5.28. The summed E-state index contributed by atoms with van der Waals surface area (Å²) in [5, 5.41) is 11.2. The van der Waals surface area contributed by atoms with Crippen molar-refractivity contribution in [3.05, 3.63) is 64.8 Å². The molecule has 1 aromatic carbocycles. The predicted octanol–water partition coefficient (Wildman–Crippen LogP) is 3.01. The fourth-order valence-corrected chi connectivity index (χ4v) is 3.87. The van der Waals surface area contributed by atoms with Crippen LogP contribution in [0.4, 0.5) is 0 Å². The zero-order chi connectivity index (χ0) is 18.8. The number of carbonyl (C=O) groups excluding carboxylic acids is 2. The van der Waals surface area contributed by atoms with Crippen LogP contribution in [0, 0.1) is 6.92 Å². The molecule has 0 saturated carbocycles. The van der Waals surface area contributed by atoms with Crippen molar-refractivity contribution in [1.29, 1.82) is 0 Å². The fourth-order valence-electron chi connectivity index (χ4n) is 2.61. The topological polar surface area (TPSA) is 73.6 Å². The van der Waals surface area contributed by atoms with Crippen LogP contribution < -0.4 is 5.11 Å². The van der Waals surface area contributed by atoms with E-state index in [1.807, 2.05) is 0 Å². The molecule has 2 heterocycles. The Morgan fingerprint density at radius 1 is 1.38 bits per heavy atom. The Bertz CT molecular complexity index is 958. The van der Waals surface area contributed by atoms with Crippen molar-refractivity contribution < 1.29 is 19.1 Å². The van der Waals surface area contributed by atoms with Gasteiger partial charge in [0.25, 0.3) is 5.91 Å². The Balaban J connectivity index is 1.91. The first-order valence-electron chi connectivity index (χ1n) is 7.69. The lowest BCUT2D eigenvalue weighted by Gasteiger charge is -2.10. The quantitative estimate of drug-likeness (QED) is 0.448. The van der Waals surface area contributed by atoms with Crippen LogP contribution in [0.1, 0.15) is 21.7 Å². The maximum absolute atomic E-state index is 12.3. The van der Waals surface area contributed by atoms with Crippen LogP contribution in [-0.2, 0) is 4.79 Å². The van der Waals surface area contributed by atoms with Gasteiger partial charge in [0, 0.05) is 23.7 Å². The number of benzene rings is 1. The maximum atomic E-state index is 12.3. The number of hydrogen-bond acceptors (Lipinski definition) is 6. The van der Waals surface area contributed by atoms with Crippen molar-refractivity contribution in [2.24, 2.45) is 0 Å². The van der Waals surface area contributed by atoms with Gasteiger partial charge in [-0.2, -0.15) is 0 Å². The minimum absolute atomic E-state index is 0.116. The molecule has 0 N–H and O–H groups in total. The van der Waals surface area contributed by atoms with Crippen LogP contribution in [0.5, 0.6) is 0 Å². The molecule has 0 bridgehead atoms. The van der Waals surface area contributed by atoms with E-state index in [-0.39, 0.29) is 11.5 Å². The number of furan rings is 1. The summed E-state index contributed by atoms with van der Waals surface area (Å²) in [7, 11) is 0. The molecule has 0 atom stereocenters. The molecular weight excluding hydrogens is 370 g/mol. The van der Waals surface area contributed by atoms with E-state index in [9.17, 15) is 14.7 Å². The van der Waals surface area contributed by atoms with Crippen LogP contribution in [-0.4, -0.2) is 27.6 Å². The summed E-state index contributed by atoms with van der Waals surface area (Å²) in [6, 6.07) is 8.35. The lowest BCUT2D eigenvalue weighted by atomic mass is 10.0. The summed E-state index contributed by atoms with van der Waals surface area (Å²) in [5.41, 5.74) is 1.34. The second-order valence-electron chi connectivity index (χ2n) is 5.55. The van der Waals surface area contributed by atoms with Gasteiger partial charge in [-0.3, -0.25) is 9.69 Å². The summed E-state index contributed by atoms with van der Waals surface area (Å²) in [6.07, 6.45) is 3.25. The van der Waals surface area contributed by atoms with Crippen molar-refractivity contribution in [1.82, 2.24) is 4.90 Å². The molecule has 0 radical (unpaired) electrons. The normalized spacial score (nSPS) is 15.7. The van der Waals surface area contributed by atoms with E-state index in [1.54, 1.807) is 43.3 Å². The summed E-state index contributed by atoms with van der Waals surface area (Å²) in [6.45, 7) is 5.68. The van der Waals surface area contributed by atoms with E-state index >= 15 is 0 Å². The Labute approximate surface area is 160 Å². The van der Waals surface area contributed by atoms with Gasteiger partial charge >= 0.3 is 0 Å². The molecule has 1 amide bonds. The minimum atomic E-state index is -1.23. The maximum Gasteiger partial charge on any atom is 0.266 e. The van der Waals surface area contributed by atoms with Gasteiger partial charge in [-0.05, 0) is 24.6 Å². The van der Waals surface area contributed by atoms with Crippen molar-refractivity contribution in [3.63, 3.8) is 0 Å². The van der Waals surface area contributed by atoms with Crippen LogP contribution >= 0.6 is 24.0 Å². The molecule has 1 saturated heterocycles. The highest BCUT2D eigenvalue weighted by Crippen LogP contribution is 2.34. The summed E-state index contributed by atoms with van der Waals surface area (Å²) >= 11 is 6.41. The first-order chi connectivity index (χ1) is 12.4. The number of rotatable bonds is 5. The average Bonchev–Trinajstić information content (AvgIpc) is 3.15. The Morgan fingerprint density at radius 2 is 2.15 bits per heavy atom. The Morgan fingerprint density at radius 3 is 2.85 bits per heavy atom. The zero-order valence-corrected chi connectivity index (χ0v) is 15.5. The lowest BCUT2D eigenvalue weighted by Crippen LogP contribution is -2.27. The molecule has 0 spiro atoms. The molecule has 1 aliphatic rings. The highest BCUT2D eigenvalue weighted by Gasteiger charge is 2.31. The number of amides is 1. The third kappa shape index (κ3) is 3.36. The molecule has 2 aromatic rings. The van der Waals surface area contributed by atoms with Gasteiger partial charge < -0.3 is 14.3 Å². The highest BCUT2D eigenvalue weighted by atomic mass is 32.2. The van der Waals surface area contributed by atoms with Gasteiger partial charge in [0.2, 0.25) is 0 Å². The molecule has 1 aliphatic heterocycles. The number of thioether (sulfide) groups is 1. The SMILES string of the molecule is C=CCN1C(=O)/C(=C/c2ccc(-c3cccc(C(=O)[O-])c3C)o2)SC1=S. The van der Waals surface area contributed by atoms with E-state index in [4.69, 9.17) is 16.6 Å². The van der Waals surface area contributed by atoms with Gasteiger partial charge in [-0.1, -0.05) is 48.3 Å². The minimum Gasteiger partial charge on any atom is -0.545 e. The summed E-state index contributed by atoms with van der Waals surface area (Å²) < 4.78 is 6.27. The molecule has 5 nitrogen and oxygen atoms in total. The first-order valence-corrected chi connectivity index (χ1v) is 8.92. The van der Waals surface area contributed by atoms with E-state index in [0.717, 1.165) is 0 Å². The lowest BCUT2D eigenvalue weighted by molar-refractivity contribution is -0.255. The second kappa shape index (κ2) is 7.31. The number of carboxylic acid groups (broad SMARTS) is 1. The smallest absolute Gasteiger partial charge is 0.266 e. The van der Waals surface area contributed by atoms with Gasteiger partial charge in [-0.15, -0.1) is 6.58 Å². The molecule has 132 valence electrons. The molecule has 0 aliphatic carbocycles. The standard InChI is InChI=1S/C19H15NO4S2/c1-3-9-20-17(21)16(26-19(20)25)10-12-7-8-15(24-12)13-5-4-6-14(11(13)2)18(22)23/h3-8,10H,1,9H2,2H3,(H,22,23)/p-1/b16-10-. The van der Waals surface area contributed by atoms with Crippen molar-refractivity contribution in [3.8, 4) is 11.3 Å². The van der Waals surface area contributed by atoms with E-state index in [2.05, 4.69) is 6.58 Å². The van der Waals surface area contributed by atoms with Crippen molar-refractivity contribution in [2.75, 3.05) is 6.54 Å². The van der Waals surface area contributed by atoms with Crippen LogP contribution in [0.25, 0.3) is 17.4 Å².